The lowest BCUT2D eigenvalue weighted by molar-refractivity contribution is -0.149. The second kappa shape index (κ2) is 6.33. The zero-order valence-corrected chi connectivity index (χ0v) is 11.1. The van der Waals surface area contributed by atoms with E-state index in [1.54, 1.807) is 12.1 Å². The van der Waals surface area contributed by atoms with Gasteiger partial charge in [0.05, 0.1) is 5.69 Å². The Morgan fingerprint density at radius 2 is 2.35 bits per heavy atom. The highest BCUT2D eigenvalue weighted by Crippen LogP contribution is 2.17. The molecular weight excluding hydrogens is 286 g/mol. The van der Waals surface area contributed by atoms with Crippen LogP contribution in [0.3, 0.4) is 0 Å². The SMILES string of the molecule is O=C(COC(=O)[C@H]1CCC(=O)N1)Nc1cccnc1Cl. The highest BCUT2D eigenvalue weighted by molar-refractivity contribution is 6.32. The minimum absolute atomic E-state index is 0.148. The second-order valence-electron chi connectivity index (χ2n) is 4.16. The molecule has 1 saturated heterocycles. The molecule has 1 atom stereocenters. The Labute approximate surface area is 119 Å². The number of nitrogens with one attached hydrogen (secondary N) is 2. The van der Waals surface area contributed by atoms with Gasteiger partial charge in [-0.15, -0.1) is 0 Å². The number of pyridine rings is 1. The Hall–Kier alpha value is -2.15. The molecular formula is C12H12ClN3O4. The quantitative estimate of drug-likeness (QED) is 0.623. The summed E-state index contributed by atoms with van der Waals surface area (Å²) in [5.74, 6) is -1.35. The lowest BCUT2D eigenvalue weighted by atomic mass is 10.2. The maximum absolute atomic E-state index is 11.6. The molecule has 106 valence electrons. The van der Waals surface area contributed by atoms with Gasteiger partial charge in [-0.25, -0.2) is 9.78 Å². The first-order chi connectivity index (χ1) is 9.56. The van der Waals surface area contributed by atoms with Gasteiger partial charge in [-0.2, -0.15) is 0 Å². The molecule has 0 aliphatic carbocycles. The number of nitrogens with zero attached hydrogens (tertiary/aromatic N) is 1. The summed E-state index contributed by atoms with van der Waals surface area (Å²) < 4.78 is 4.82. The third-order valence-corrected chi connectivity index (χ3v) is 2.96. The largest absolute Gasteiger partial charge is 0.454 e. The maximum Gasteiger partial charge on any atom is 0.329 e. The standard InChI is InChI=1S/C12H12ClN3O4/c13-11-7(2-1-5-14-11)15-10(18)6-20-12(19)8-3-4-9(17)16-8/h1-2,5,8H,3-4,6H2,(H,15,18)(H,16,17)/t8-/m1/s1. The molecule has 20 heavy (non-hydrogen) atoms. The highest BCUT2D eigenvalue weighted by Gasteiger charge is 2.28. The van der Waals surface area contributed by atoms with E-state index >= 15 is 0 Å². The van der Waals surface area contributed by atoms with Crippen molar-refractivity contribution in [2.24, 2.45) is 0 Å². The molecule has 1 aromatic rings. The van der Waals surface area contributed by atoms with Crippen molar-refractivity contribution in [2.45, 2.75) is 18.9 Å². The molecule has 2 N–H and O–H groups in total. The first-order valence-corrected chi connectivity index (χ1v) is 6.30. The molecule has 8 heteroatoms. The smallest absolute Gasteiger partial charge is 0.329 e. The molecule has 0 bridgehead atoms. The second-order valence-corrected chi connectivity index (χ2v) is 4.51. The van der Waals surface area contributed by atoms with Crippen LogP contribution in [0.5, 0.6) is 0 Å². The normalized spacial score (nSPS) is 17.4. The third-order valence-electron chi connectivity index (χ3n) is 2.66. The number of esters is 1. The topological polar surface area (TPSA) is 97.4 Å². The highest BCUT2D eigenvalue weighted by atomic mass is 35.5. The van der Waals surface area contributed by atoms with E-state index in [9.17, 15) is 14.4 Å². The van der Waals surface area contributed by atoms with Crippen LogP contribution >= 0.6 is 11.6 Å². The van der Waals surface area contributed by atoms with Gasteiger partial charge in [0, 0.05) is 12.6 Å². The van der Waals surface area contributed by atoms with Gasteiger partial charge in [-0.3, -0.25) is 9.59 Å². The molecule has 2 heterocycles. The first kappa shape index (κ1) is 14.3. The van der Waals surface area contributed by atoms with Crippen molar-refractivity contribution in [1.82, 2.24) is 10.3 Å². The molecule has 0 aromatic carbocycles. The number of amides is 2. The lowest BCUT2D eigenvalue weighted by Crippen LogP contribution is -2.36. The van der Waals surface area contributed by atoms with Gasteiger partial charge in [0.1, 0.15) is 6.04 Å². The van der Waals surface area contributed by atoms with E-state index in [0.29, 0.717) is 12.1 Å². The number of rotatable bonds is 4. The average Bonchev–Trinajstić information content (AvgIpc) is 2.85. The molecule has 1 aromatic heterocycles. The predicted molar refractivity (Wildman–Crippen MR) is 70.0 cm³/mol. The fourth-order valence-corrected chi connectivity index (χ4v) is 1.86. The van der Waals surface area contributed by atoms with Crippen LogP contribution in [-0.2, 0) is 19.1 Å². The fourth-order valence-electron chi connectivity index (χ4n) is 1.69. The van der Waals surface area contributed by atoms with Gasteiger partial charge < -0.3 is 15.4 Å². The molecule has 0 spiro atoms. The zero-order valence-electron chi connectivity index (χ0n) is 10.4. The van der Waals surface area contributed by atoms with Gasteiger partial charge in [0.2, 0.25) is 5.91 Å². The molecule has 0 unspecified atom stereocenters. The maximum atomic E-state index is 11.6. The summed E-state index contributed by atoms with van der Waals surface area (Å²) in [5, 5.41) is 5.08. The molecule has 7 nitrogen and oxygen atoms in total. The molecule has 1 aliphatic rings. The Morgan fingerprint density at radius 3 is 3.00 bits per heavy atom. The van der Waals surface area contributed by atoms with Gasteiger partial charge >= 0.3 is 5.97 Å². The van der Waals surface area contributed by atoms with Gasteiger partial charge in [-0.1, -0.05) is 11.6 Å². The number of hydrogen-bond acceptors (Lipinski definition) is 5. The van der Waals surface area contributed by atoms with Crippen molar-refractivity contribution >= 4 is 35.1 Å². The van der Waals surface area contributed by atoms with E-state index in [0.717, 1.165) is 0 Å². The zero-order chi connectivity index (χ0) is 14.5. The van der Waals surface area contributed by atoms with E-state index in [4.69, 9.17) is 16.3 Å². The van der Waals surface area contributed by atoms with Gasteiger partial charge in [0.15, 0.2) is 11.8 Å². The van der Waals surface area contributed by atoms with Crippen LogP contribution in [-0.4, -0.2) is 35.4 Å². The van der Waals surface area contributed by atoms with E-state index in [2.05, 4.69) is 15.6 Å². The van der Waals surface area contributed by atoms with E-state index in [1.807, 2.05) is 0 Å². The van der Waals surface area contributed by atoms with Crippen LogP contribution in [0.4, 0.5) is 5.69 Å². The first-order valence-electron chi connectivity index (χ1n) is 5.92. The summed E-state index contributed by atoms with van der Waals surface area (Å²) in [7, 11) is 0. The molecule has 2 rings (SSSR count). The Bertz CT molecular complexity index is 549. The van der Waals surface area contributed by atoms with E-state index in [-0.39, 0.29) is 17.5 Å². The summed E-state index contributed by atoms with van der Waals surface area (Å²) in [4.78, 5) is 37.9. The summed E-state index contributed by atoms with van der Waals surface area (Å²) in [6.07, 6.45) is 2.16. The van der Waals surface area contributed by atoms with E-state index in [1.165, 1.54) is 6.20 Å². The number of hydrogen-bond donors (Lipinski definition) is 2. The lowest BCUT2D eigenvalue weighted by Gasteiger charge is -2.10. The number of ether oxygens (including phenoxy) is 1. The molecule has 1 aliphatic heterocycles. The van der Waals surface area contributed by atoms with E-state index < -0.39 is 24.5 Å². The number of carbonyl (C=O) groups excluding carboxylic acids is 3. The predicted octanol–water partition coefficient (Wildman–Crippen LogP) is 0.495. The van der Waals surface area contributed by atoms with Crippen LogP contribution in [0.25, 0.3) is 0 Å². The number of carbonyl (C=O) groups is 3. The summed E-state index contributed by atoms with van der Waals surface area (Å²) in [5.41, 5.74) is 0.337. The summed E-state index contributed by atoms with van der Waals surface area (Å²) in [6, 6.07) is 2.52. The fraction of sp³-hybridized carbons (Fsp3) is 0.333. The van der Waals surface area contributed by atoms with Crippen LogP contribution in [0.15, 0.2) is 18.3 Å². The van der Waals surface area contributed by atoms with Crippen LogP contribution in [0.1, 0.15) is 12.8 Å². The van der Waals surface area contributed by atoms with Crippen LogP contribution < -0.4 is 10.6 Å². The van der Waals surface area contributed by atoms with Crippen molar-refractivity contribution in [2.75, 3.05) is 11.9 Å². The minimum atomic E-state index is -0.669. The molecule has 0 saturated carbocycles. The Balaban J connectivity index is 1.79. The monoisotopic (exact) mass is 297 g/mol. The third kappa shape index (κ3) is 3.67. The molecule has 1 fully saturated rings. The van der Waals surface area contributed by atoms with Gasteiger partial charge in [-0.05, 0) is 18.6 Å². The minimum Gasteiger partial charge on any atom is -0.454 e. The van der Waals surface area contributed by atoms with Crippen molar-refractivity contribution in [3.8, 4) is 0 Å². The summed E-state index contributed by atoms with van der Waals surface area (Å²) >= 11 is 5.77. The molecule has 2 amide bonds. The van der Waals surface area contributed by atoms with Crippen LogP contribution in [0, 0.1) is 0 Å². The van der Waals surface area contributed by atoms with Gasteiger partial charge in [0.25, 0.3) is 5.91 Å². The van der Waals surface area contributed by atoms with Crippen molar-refractivity contribution in [1.29, 1.82) is 0 Å². The van der Waals surface area contributed by atoms with Crippen LogP contribution in [0.2, 0.25) is 5.15 Å². The van der Waals surface area contributed by atoms with Crippen molar-refractivity contribution < 1.29 is 19.1 Å². The van der Waals surface area contributed by atoms with Crippen molar-refractivity contribution in [3.05, 3.63) is 23.5 Å². The molecule has 0 radical (unpaired) electrons. The average molecular weight is 298 g/mol. The Kier molecular flexibility index (Phi) is 4.52. The Morgan fingerprint density at radius 1 is 1.55 bits per heavy atom. The number of anilines is 1. The number of aromatic nitrogens is 1. The summed E-state index contributed by atoms with van der Waals surface area (Å²) in [6.45, 7) is -0.448. The number of halogens is 1. The van der Waals surface area contributed by atoms with Crippen molar-refractivity contribution in [3.63, 3.8) is 0 Å².